The smallest absolute Gasteiger partial charge is 0.397 e. The number of carbonyl (C=O) groups excluding carboxylic acids is 1. The van der Waals surface area contributed by atoms with Crippen molar-refractivity contribution < 1.29 is 31.8 Å². The molecule has 1 aliphatic heterocycles. The molecule has 1 fully saturated rings. The highest BCUT2D eigenvalue weighted by molar-refractivity contribution is 5.76. The zero-order valence-corrected chi connectivity index (χ0v) is 17.5. The maximum atomic E-state index is 14.1. The van der Waals surface area contributed by atoms with Gasteiger partial charge >= 0.3 is 6.18 Å². The predicted molar refractivity (Wildman–Crippen MR) is 110 cm³/mol. The van der Waals surface area contributed by atoms with Gasteiger partial charge in [0.1, 0.15) is 29.8 Å². The lowest BCUT2D eigenvalue weighted by atomic mass is 9.92. The van der Waals surface area contributed by atoms with Gasteiger partial charge in [-0.25, -0.2) is 4.39 Å². The van der Waals surface area contributed by atoms with Crippen molar-refractivity contribution in [2.45, 2.75) is 69.4 Å². The first-order chi connectivity index (χ1) is 15.3. The molecular formula is C24H25F4NO3. The van der Waals surface area contributed by atoms with E-state index in [0.717, 1.165) is 12.0 Å². The number of hydrogen-bond acceptors (Lipinski definition) is 3. The monoisotopic (exact) mass is 451 g/mol. The molecule has 4 nitrogen and oxygen atoms in total. The summed E-state index contributed by atoms with van der Waals surface area (Å²) in [5.74, 6) is 0.172. The second-order valence-corrected chi connectivity index (χ2v) is 8.39. The van der Waals surface area contributed by atoms with Crippen molar-refractivity contribution in [3.63, 3.8) is 0 Å². The molecule has 0 radical (unpaired) electrons. The van der Waals surface area contributed by atoms with Gasteiger partial charge in [0.2, 0.25) is 5.91 Å². The Labute approximate surface area is 183 Å². The van der Waals surface area contributed by atoms with Crippen molar-refractivity contribution in [1.29, 1.82) is 0 Å². The number of carbonyl (C=O) groups is 1. The number of halogens is 4. The van der Waals surface area contributed by atoms with Crippen molar-refractivity contribution in [2.75, 3.05) is 0 Å². The molecule has 0 bridgehead atoms. The van der Waals surface area contributed by atoms with Gasteiger partial charge in [0.25, 0.3) is 0 Å². The summed E-state index contributed by atoms with van der Waals surface area (Å²) >= 11 is 0. The molecule has 8 heteroatoms. The first-order valence-corrected chi connectivity index (χ1v) is 10.8. The summed E-state index contributed by atoms with van der Waals surface area (Å²) < 4.78 is 63.1. The van der Waals surface area contributed by atoms with Crippen LogP contribution in [0.5, 0.6) is 11.5 Å². The van der Waals surface area contributed by atoms with Crippen LogP contribution >= 0.6 is 0 Å². The molecule has 0 aromatic heterocycles. The zero-order chi connectivity index (χ0) is 22.7. The Morgan fingerprint density at radius 1 is 1.06 bits per heavy atom. The number of ether oxygens (including phenoxy) is 2. The van der Waals surface area contributed by atoms with Crippen LogP contribution in [0.4, 0.5) is 17.6 Å². The molecule has 1 aliphatic carbocycles. The van der Waals surface area contributed by atoms with Gasteiger partial charge in [-0.15, -0.1) is 0 Å². The van der Waals surface area contributed by atoms with Gasteiger partial charge in [0, 0.05) is 11.6 Å². The Hall–Kier alpha value is -2.77. The molecule has 172 valence electrons. The maximum Gasteiger partial charge on any atom is 0.397 e. The highest BCUT2D eigenvalue weighted by atomic mass is 19.4. The van der Waals surface area contributed by atoms with E-state index in [1.54, 1.807) is 18.2 Å². The molecule has 1 amide bonds. The minimum absolute atomic E-state index is 0.0560. The second kappa shape index (κ2) is 9.38. The SMILES string of the molecule is O=C(CC(F)(F)F)NC1CCC(Oc2ccc3c(c2)CCC(c2ccccc2F)O3)CC1. The molecule has 1 heterocycles. The van der Waals surface area contributed by atoms with E-state index in [1.807, 2.05) is 18.2 Å². The standard InChI is InChI=1S/C24H25F4NO3/c25-20-4-2-1-3-19(20)22-11-5-15-13-18(10-12-21(15)32-22)31-17-8-6-16(7-9-17)29-23(30)14-24(26,27)28/h1-4,10,12-13,16-17,22H,5-9,11,14H2,(H,29,30). The molecule has 1 saturated carbocycles. The Bertz CT molecular complexity index is 955. The summed E-state index contributed by atoms with van der Waals surface area (Å²) in [6.45, 7) is 0. The van der Waals surface area contributed by atoms with Crippen molar-refractivity contribution in [1.82, 2.24) is 5.32 Å². The van der Waals surface area contributed by atoms with Crippen molar-refractivity contribution >= 4 is 5.91 Å². The molecule has 2 aromatic rings. The number of nitrogens with one attached hydrogen (secondary N) is 1. The second-order valence-electron chi connectivity index (χ2n) is 8.39. The molecule has 2 aliphatic rings. The van der Waals surface area contributed by atoms with Crippen molar-refractivity contribution in [2.24, 2.45) is 0 Å². The van der Waals surface area contributed by atoms with E-state index in [0.29, 0.717) is 49.2 Å². The summed E-state index contributed by atoms with van der Waals surface area (Å²) in [7, 11) is 0. The van der Waals surface area contributed by atoms with Gasteiger partial charge in [-0.05, 0) is 68.4 Å². The number of alkyl halides is 3. The van der Waals surface area contributed by atoms with Gasteiger partial charge < -0.3 is 14.8 Å². The summed E-state index contributed by atoms with van der Waals surface area (Å²) in [5.41, 5.74) is 1.56. The number of hydrogen-bond donors (Lipinski definition) is 1. The average molecular weight is 451 g/mol. The minimum Gasteiger partial charge on any atom is -0.490 e. The predicted octanol–water partition coefficient (Wildman–Crippen LogP) is 5.65. The lowest BCUT2D eigenvalue weighted by Gasteiger charge is -2.30. The number of aryl methyl sites for hydroxylation is 1. The molecule has 0 spiro atoms. The Morgan fingerprint density at radius 2 is 1.81 bits per heavy atom. The maximum absolute atomic E-state index is 14.1. The number of benzene rings is 2. The van der Waals surface area contributed by atoms with E-state index in [1.165, 1.54) is 6.07 Å². The summed E-state index contributed by atoms with van der Waals surface area (Å²) in [4.78, 5) is 11.5. The molecule has 32 heavy (non-hydrogen) atoms. The van der Waals surface area contributed by atoms with Crippen molar-refractivity contribution in [3.8, 4) is 11.5 Å². The molecule has 1 unspecified atom stereocenters. The highest BCUT2D eigenvalue weighted by Crippen LogP contribution is 2.38. The van der Waals surface area contributed by atoms with Crippen LogP contribution in [0.25, 0.3) is 0 Å². The molecule has 0 saturated heterocycles. The largest absolute Gasteiger partial charge is 0.490 e. The van der Waals surface area contributed by atoms with E-state index >= 15 is 0 Å². The zero-order valence-electron chi connectivity index (χ0n) is 17.5. The minimum atomic E-state index is -4.49. The first-order valence-electron chi connectivity index (χ1n) is 10.8. The average Bonchev–Trinajstić information content (AvgIpc) is 2.74. The topological polar surface area (TPSA) is 47.6 Å². The van der Waals surface area contributed by atoms with Gasteiger partial charge in [-0.3, -0.25) is 4.79 Å². The fraction of sp³-hybridized carbons (Fsp3) is 0.458. The first kappa shape index (κ1) is 22.4. The third-order valence-electron chi connectivity index (χ3n) is 5.93. The number of rotatable bonds is 5. The van der Waals surface area contributed by atoms with E-state index in [9.17, 15) is 22.4 Å². The van der Waals surface area contributed by atoms with Crippen LogP contribution in [-0.2, 0) is 11.2 Å². The van der Waals surface area contributed by atoms with Crippen LogP contribution in [0.1, 0.15) is 55.8 Å². The van der Waals surface area contributed by atoms with Crippen molar-refractivity contribution in [3.05, 3.63) is 59.4 Å². The van der Waals surface area contributed by atoms with Gasteiger partial charge in [0.05, 0.1) is 6.10 Å². The molecule has 4 rings (SSSR count). The van der Waals surface area contributed by atoms with Crippen LogP contribution in [0.15, 0.2) is 42.5 Å². The third kappa shape index (κ3) is 5.72. The third-order valence-corrected chi connectivity index (χ3v) is 5.93. The summed E-state index contributed by atoms with van der Waals surface area (Å²) in [6.07, 6.45) is -2.45. The molecule has 1 N–H and O–H groups in total. The Balaban J connectivity index is 1.29. The van der Waals surface area contributed by atoms with Gasteiger partial charge in [-0.1, -0.05) is 18.2 Å². The molecule has 2 aromatic carbocycles. The molecule has 1 atom stereocenters. The molecular weight excluding hydrogens is 426 g/mol. The van der Waals surface area contributed by atoms with Crippen LogP contribution in [0, 0.1) is 5.82 Å². The van der Waals surface area contributed by atoms with E-state index < -0.39 is 18.5 Å². The lowest BCUT2D eigenvalue weighted by molar-refractivity contribution is -0.154. The van der Waals surface area contributed by atoms with E-state index in [4.69, 9.17) is 9.47 Å². The van der Waals surface area contributed by atoms with E-state index in [-0.39, 0.29) is 24.1 Å². The summed E-state index contributed by atoms with van der Waals surface area (Å²) in [6, 6.07) is 12.0. The quantitative estimate of drug-likeness (QED) is 0.598. The normalized spacial score (nSPS) is 23.1. The van der Waals surface area contributed by atoms with Crippen LogP contribution in [-0.4, -0.2) is 24.2 Å². The van der Waals surface area contributed by atoms with E-state index in [2.05, 4.69) is 5.32 Å². The number of amides is 1. The Morgan fingerprint density at radius 3 is 2.53 bits per heavy atom. The fourth-order valence-corrected chi connectivity index (χ4v) is 4.37. The summed E-state index contributed by atoms with van der Waals surface area (Å²) in [5, 5.41) is 2.46. The fourth-order valence-electron chi connectivity index (χ4n) is 4.37. The van der Waals surface area contributed by atoms with Crippen LogP contribution in [0.3, 0.4) is 0 Å². The lowest BCUT2D eigenvalue weighted by Crippen LogP contribution is -2.41. The van der Waals surface area contributed by atoms with Crippen LogP contribution in [0.2, 0.25) is 0 Å². The number of fused-ring (bicyclic) bond motifs is 1. The Kier molecular flexibility index (Phi) is 6.58. The highest BCUT2D eigenvalue weighted by Gasteiger charge is 2.33. The van der Waals surface area contributed by atoms with Crippen LogP contribution < -0.4 is 14.8 Å². The van der Waals surface area contributed by atoms with Gasteiger partial charge in [0.15, 0.2) is 0 Å². The van der Waals surface area contributed by atoms with Gasteiger partial charge in [-0.2, -0.15) is 13.2 Å².